The molecule has 0 aliphatic rings. The van der Waals surface area contributed by atoms with Gasteiger partial charge in [0.1, 0.15) is 0 Å². The normalized spacial score (nSPS) is 11.8. The van der Waals surface area contributed by atoms with Gasteiger partial charge >= 0.3 is 6.18 Å². The number of nitrogens with two attached hydrogens (primary N) is 2. The molecule has 2 nitrogen and oxygen atoms in total. The molecule has 0 radical (unpaired) electrons. The maximum Gasteiger partial charge on any atom is 0.416 e. The van der Waals surface area contributed by atoms with Gasteiger partial charge in [-0.05, 0) is 12.1 Å². The molecule has 0 fully saturated rings. The fraction of sp³-hybridized carbons (Fsp3) is 0.250. The van der Waals surface area contributed by atoms with Crippen LogP contribution in [0.15, 0.2) is 12.1 Å². The number of alkyl halides is 3. The molecule has 0 atom stereocenters. The third-order valence-electron chi connectivity index (χ3n) is 1.76. The minimum absolute atomic E-state index is 0.0167. The summed E-state index contributed by atoms with van der Waals surface area (Å²) in [5, 5.41) is -0.0557. The molecule has 0 unspecified atom stereocenters. The summed E-state index contributed by atoms with van der Waals surface area (Å²) in [5.74, 6) is 0. The summed E-state index contributed by atoms with van der Waals surface area (Å²) in [5.41, 5.74) is 10.1. The van der Waals surface area contributed by atoms with Crippen molar-refractivity contribution >= 4 is 17.3 Å². The zero-order valence-corrected chi connectivity index (χ0v) is 7.78. The lowest BCUT2D eigenvalue weighted by Crippen LogP contribution is -2.09. The maximum atomic E-state index is 12.2. The molecule has 1 aromatic carbocycles. The lowest BCUT2D eigenvalue weighted by Gasteiger charge is -2.11. The van der Waals surface area contributed by atoms with Gasteiger partial charge in [0.2, 0.25) is 0 Å². The minimum Gasteiger partial charge on any atom is -0.398 e. The summed E-state index contributed by atoms with van der Waals surface area (Å²) in [7, 11) is 0. The third-order valence-corrected chi connectivity index (χ3v) is 2.10. The first-order valence-corrected chi connectivity index (χ1v) is 4.09. The Morgan fingerprint density at radius 3 is 2.21 bits per heavy atom. The summed E-state index contributed by atoms with van der Waals surface area (Å²) in [6, 6.07) is 1.65. The lowest BCUT2D eigenvalue weighted by atomic mass is 10.1. The number of rotatable bonds is 1. The zero-order chi connectivity index (χ0) is 10.9. The monoisotopic (exact) mass is 224 g/mol. The van der Waals surface area contributed by atoms with Gasteiger partial charge in [0.05, 0.1) is 5.56 Å². The van der Waals surface area contributed by atoms with Crippen LogP contribution in [0.1, 0.15) is 11.1 Å². The molecule has 0 aliphatic heterocycles. The second-order valence-corrected chi connectivity index (χ2v) is 3.13. The first-order chi connectivity index (χ1) is 6.36. The molecule has 0 spiro atoms. The van der Waals surface area contributed by atoms with Crippen LogP contribution in [0.2, 0.25) is 5.02 Å². The average Bonchev–Trinajstić information content (AvgIpc) is 2.01. The Hall–Kier alpha value is -0.940. The average molecular weight is 225 g/mol. The van der Waals surface area contributed by atoms with Crippen molar-refractivity contribution in [2.75, 3.05) is 5.73 Å². The number of benzene rings is 1. The smallest absolute Gasteiger partial charge is 0.398 e. The van der Waals surface area contributed by atoms with Crippen molar-refractivity contribution in [3.8, 4) is 0 Å². The van der Waals surface area contributed by atoms with Gasteiger partial charge in [0.25, 0.3) is 0 Å². The Bertz CT molecular complexity index is 326. The molecule has 78 valence electrons. The second-order valence-electron chi connectivity index (χ2n) is 2.73. The van der Waals surface area contributed by atoms with Crippen LogP contribution in [-0.2, 0) is 12.7 Å². The topological polar surface area (TPSA) is 52.0 Å². The van der Waals surface area contributed by atoms with Gasteiger partial charge in [-0.3, -0.25) is 0 Å². The molecular weight excluding hydrogens is 217 g/mol. The predicted molar refractivity (Wildman–Crippen MR) is 48.8 cm³/mol. The molecule has 0 bridgehead atoms. The Labute approximate surface area is 83.6 Å². The number of hydrogen-bond donors (Lipinski definition) is 2. The molecule has 0 amide bonds. The van der Waals surface area contributed by atoms with Gasteiger partial charge in [-0.15, -0.1) is 0 Å². The van der Waals surface area contributed by atoms with E-state index in [1.54, 1.807) is 0 Å². The molecule has 6 heteroatoms. The molecule has 1 aromatic rings. The Morgan fingerprint density at radius 1 is 1.29 bits per heavy atom. The fourth-order valence-corrected chi connectivity index (χ4v) is 1.34. The SMILES string of the molecule is NCc1c(N)cc(C(F)(F)F)cc1Cl. The molecule has 0 heterocycles. The molecule has 14 heavy (non-hydrogen) atoms. The lowest BCUT2D eigenvalue weighted by molar-refractivity contribution is -0.137. The van der Waals surface area contributed by atoms with Crippen LogP contribution in [0.3, 0.4) is 0 Å². The highest BCUT2D eigenvalue weighted by Crippen LogP contribution is 2.34. The van der Waals surface area contributed by atoms with Crippen LogP contribution >= 0.6 is 11.6 Å². The van der Waals surface area contributed by atoms with Gasteiger partial charge in [-0.25, -0.2) is 0 Å². The minimum atomic E-state index is -4.44. The third kappa shape index (κ3) is 2.10. The Morgan fingerprint density at radius 2 is 1.86 bits per heavy atom. The van der Waals surface area contributed by atoms with Crippen molar-refractivity contribution in [1.29, 1.82) is 0 Å². The van der Waals surface area contributed by atoms with E-state index in [4.69, 9.17) is 23.1 Å². The van der Waals surface area contributed by atoms with Crippen molar-refractivity contribution in [2.24, 2.45) is 5.73 Å². The summed E-state index contributed by atoms with van der Waals surface area (Å²) in [4.78, 5) is 0. The number of halogens is 4. The van der Waals surface area contributed by atoms with Crippen LogP contribution in [0.5, 0.6) is 0 Å². The van der Waals surface area contributed by atoms with E-state index in [0.717, 1.165) is 12.1 Å². The van der Waals surface area contributed by atoms with Crippen LogP contribution in [0.25, 0.3) is 0 Å². The Balaban J connectivity index is 3.28. The number of nitrogen functional groups attached to an aromatic ring is 1. The number of hydrogen-bond acceptors (Lipinski definition) is 2. The van der Waals surface area contributed by atoms with E-state index in [-0.39, 0.29) is 17.3 Å². The van der Waals surface area contributed by atoms with Gasteiger partial charge in [0.15, 0.2) is 0 Å². The van der Waals surface area contributed by atoms with Gasteiger partial charge in [0, 0.05) is 22.8 Å². The first kappa shape index (κ1) is 11.1. The van der Waals surface area contributed by atoms with Gasteiger partial charge in [-0.2, -0.15) is 13.2 Å². The van der Waals surface area contributed by atoms with Crippen LogP contribution in [-0.4, -0.2) is 0 Å². The molecule has 4 N–H and O–H groups in total. The highest BCUT2D eigenvalue weighted by Gasteiger charge is 2.31. The van der Waals surface area contributed by atoms with E-state index < -0.39 is 11.7 Å². The van der Waals surface area contributed by atoms with E-state index in [9.17, 15) is 13.2 Å². The van der Waals surface area contributed by atoms with Crippen molar-refractivity contribution in [2.45, 2.75) is 12.7 Å². The summed E-state index contributed by atoms with van der Waals surface area (Å²) in [6.45, 7) is 0.0167. The molecule has 0 aliphatic carbocycles. The molecule has 0 aromatic heterocycles. The van der Waals surface area contributed by atoms with E-state index in [1.165, 1.54) is 0 Å². The van der Waals surface area contributed by atoms with Crippen LogP contribution < -0.4 is 11.5 Å². The van der Waals surface area contributed by atoms with E-state index in [2.05, 4.69) is 0 Å². The largest absolute Gasteiger partial charge is 0.416 e. The number of anilines is 1. The van der Waals surface area contributed by atoms with Gasteiger partial charge < -0.3 is 11.5 Å². The predicted octanol–water partition coefficient (Wildman–Crippen LogP) is 2.40. The standard InChI is InChI=1S/C8H8ClF3N2/c9-6-1-4(8(10,11)12)2-7(14)5(6)3-13/h1-2H,3,13-14H2. The quantitative estimate of drug-likeness (QED) is 0.720. The highest BCUT2D eigenvalue weighted by atomic mass is 35.5. The molecular formula is C8H8ClF3N2. The maximum absolute atomic E-state index is 12.2. The summed E-state index contributed by atoms with van der Waals surface area (Å²) in [6.07, 6.45) is -4.44. The van der Waals surface area contributed by atoms with Crippen molar-refractivity contribution < 1.29 is 13.2 Å². The summed E-state index contributed by atoms with van der Waals surface area (Å²) >= 11 is 5.58. The van der Waals surface area contributed by atoms with Crippen LogP contribution in [0.4, 0.5) is 18.9 Å². The Kier molecular flexibility index (Phi) is 2.92. The van der Waals surface area contributed by atoms with E-state index >= 15 is 0 Å². The molecule has 0 saturated carbocycles. The summed E-state index contributed by atoms with van der Waals surface area (Å²) < 4.78 is 36.7. The molecule has 1 rings (SSSR count). The van der Waals surface area contributed by atoms with Crippen LogP contribution in [0, 0.1) is 0 Å². The zero-order valence-electron chi connectivity index (χ0n) is 7.03. The van der Waals surface area contributed by atoms with Crippen molar-refractivity contribution in [3.05, 3.63) is 28.3 Å². The van der Waals surface area contributed by atoms with E-state index in [1.807, 2.05) is 0 Å². The fourth-order valence-electron chi connectivity index (χ4n) is 1.04. The van der Waals surface area contributed by atoms with Crippen molar-refractivity contribution in [1.82, 2.24) is 0 Å². The first-order valence-electron chi connectivity index (χ1n) is 3.71. The molecule has 0 saturated heterocycles. The van der Waals surface area contributed by atoms with E-state index in [0.29, 0.717) is 5.56 Å². The second kappa shape index (κ2) is 3.67. The highest BCUT2D eigenvalue weighted by molar-refractivity contribution is 6.31. The van der Waals surface area contributed by atoms with Crippen molar-refractivity contribution in [3.63, 3.8) is 0 Å². The van der Waals surface area contributed by atoms with Gasteiger partial charge in [-0.1, -0.05) is 11.6 Å².